The molecule has 2 aromatic carbocycles. The molecule has 1 heterocycles. The molecule has 0 aliphatic rings. The van der Waals surface area contributed by atoms with E-state index in [0.29, 0.717) is 35.6 Å². The second kappa shape index (κ2) is 11.3. The Balaban J connectivity index is 1.86. The predicted octanol–water partition coefficient (Wildman–Crippen LogP) is 3.47. The lowest BCUT2D eigenvalue weighted by Gasteiger charge is -2.25. The van der Waals surface area contributed by atoms with Gasteiger partial charge in [-0.3, -0.25) is 4.79 Å². The number of sulfonamides is 1. The predicted molar refractivity (Wildman–Crippen MR) is 137 cm³/mol. The van der Waals surface area contributed by atoms with Gasteiger partial charge in [0.15, 0.2) is 0 Å². The zero-order valence-corrected chi connectivity index (χ0v) is 21.1. The lowest BCUT2D eigenvalue weighted by molar-refractivity contribution is 0.0945. The molecule has 0 aliphatic carbocycles. The Hall–Kier alpha value is -3.81. The van der Waals surface area contributed by atoms with Crippen LogP contribution in [0.2, 0.25) is 0 Å². The van der Waals surface area contributed by atoms with Crippen molar-refractivity contribution in [3.05, 3.63) is 83.2 Å². The minimum absolute atomic E-state index is 0.0423. The fourth-order valence-corrected chi connectivity index (χ4v) is 4.76. The Morgan fingerprint density at radius 2 is 1.86 bits per heavy atom. The third kappa shape index (κ3) is 7.60. The van der Waals surface area contributed by atoms with Gasteiger partial charge in [-0.15, -0.1) is 0 Å². The molecule has 1 amide bonds. The Kier molecular flexibility index (Phi) is 8.40. The summed E-state index contributed by atoms with van der Waals surface area (Å²) in [5, 5.41) is 15.4. The van der Waals surface area contributed by atoms with E-state index in [0.717, 1.165) is 11.8 Å². The maximum atomic E-state index is 13.5. The minimum atomic E-state index is -3.47. The Morgan fingerprint density at radius 3 is 2.56 bits per heavy atom. The first-order chi connectivity index (χ1) is 17.0. The first kappa shape index (κ1) is 26.8. The van der Waals surface area contributed by atoms with Crippen LogP contribution in [0.5, 0.6) is 0 Å². The molecule has 1 aromatic heterocycles. The Bertz CT molecular complexity index is 1400. The van der Waals surface area contributed by atoms with Crippen LogP contribution in [0, 0.1) is 17.1 Å². The van der Waals surface area contributed by atoms with Crippen molar-refractivity contribution in [2.45, 2.75) is 25.8 Å². The number of carbonyl (C=O) groups is 1. The Labute approximate surface area is 210 Å². The highest BCUT2D eigenvalue weighted by Gasteiger charge is 2.24. The molecule has 0 aliphatic heterocycles. The van der Waals surface area contributed by atoms with E-state index >= 15 is 0 Å². The number of benzene rings is 2. The molecular weight excluding hydrogens is 481 g/mol. The van der Waals surface area contributed by atoms with Gasteiger partial charge in [0.05, 0.1) is 29.1 Å². The summed E-state index contributed by atoms with van der Waals surface area (Å²) in [5.41, 5.74) is 1.71. The van der Waals surface area contributed by atoms with Gasteiger partial charge in [0.2, 0.25) is 10.0 Å². The number of hydrogen-bond donors (Lipinski definition) is 3. The molecular formula is C26H28FN5O3S. The molecule has 10 heteroatoms. The van der Waals surface area contributed by atoms with E-state index in [-0.39, 0.29) is 17.9 Å². The fourth-order valence-electron chi connectivity index (χ4n) is 3.68. The molecule has 0 fully saturated rings. The van der Waals surface area contributed by atoms with Crippen LogP contribution in [-0.2, 0) is 16.4 Å². The van der Waals surface area contributed by atoms with Crippen molar-refractivity contribution in [2.75, 3.05) is 24.7 Å². The zero-order chi connectivity index (χ0) is 26.3. The van der Waals surface area contributed by atoms with Crippen molar-refractivity contribution in [1.29, 1.82) is 5.26 Å². The van der Waals surface area contributed by atoms with Gasteiger partial charge in [-0.05, 0) is 56.2 Å². The molecule has 0 saturated heterocycles. The van der Waals surface area contributed by atoms with Crippen LogP contribution in [0.25, 0.3) is 11.3 Å². The lowest BCUT2D eigenvalue weighted by Crippen LogP contribution is -2.51. The van der Waals surface area contributed by atoms with Crippen LogP contribution in [0.4, 0.5) is 10.2 Å². The second-order valence-corrected chi connectivity index (χ2v) is 10.7. The molecule has 0 radical (unpaired) electrons. The third-order valence-corrected chi connectivity index (χ3v) is 6.13. The number of anilines is 1. The molecule has 0 bridgehead atoms. The summed E-state index contributed by atoms with van der Waals surface area (Å²) >= 11 is 0. The van der Waals surface area contributed by atoms with Gasteiger partial charge in [-0.25, -0.2) is 22.5 Å². The van der Waals surface area contributed by atoms with E-state index in [1.165, 1.54) is 12.1 Å². The van der Waals surface area contributed by atoms with Crippen molar-refractivity contribution in [1.82, 2.24) is 15.0 Å². The number of aromatic nitrogens is 1. The summed E-state index contributed by atoms with van der Waals surface area (Å²) in [5.74, 6) is -0.478. The van der Waals surface area contributed by atoms with Crippen molar-refractivity contribution in [2.24, 2.45) is 0 Å². The van der Waals surface area contributed by atoms with Gasteiger partial charge >= 0.3 is 0 Å². The molecule has 3 N–H and O–H groups in total. The van der Waals surface area contributed by atoms with Crippen molar-refractivity contribution >= 4 is 21.7 Å². The van der Waals surface area contributed by atoms with Gasteiger partial charge in [0.1, 0.15) is 11.6 Å². The lowest BCUT2D eigenvalue weighted by atomic mass is 10.0. The summed E-state index contributed by atoms with van der Waals surface area (Å²) < 4.78 is 39.2. The first-order valence-corrected chi connectivity index (χ1v) is 13.1. The molecule has 3 rings (SSSR count). The topological polar surface area (TPSA) is 124 Å². The number of pyridine rings is 1. The number of hydrogen-bond acceptors (Lipinski definition) is 6. The van der Waals surface area contributed by atoms with Gasteiger partial charge in [0.25, 0.3) is 5.91 Å². The van der Waals surface area contributed by atoms with Crippen LogP contribution in [0.15, 0.2) is 60.7 Å². The number of carbonyl (C=O) groups excluding carboxylic acids is 1. The fraction of sp³-hybridized carbons (Fsp3) is 0.269. The summed E-state index contributed by atoms with van der Waals surface area (Å²) in [6, 6.07) is 18.7. The van der Waals surface area contributed by atoms with E-state index in [9.17, 15) is 22.9 Å². The van der Waals surface area contributed by atoms with Gasteiger partial charge in [0, 0.05) is 24.2 Å². The maximum absolute atomic E-state index is 13.5. The van der Waals surface area contributed by atoms with E-state index in [1.54, 1.807) is 56.3 Å². The zero-order valence-electron chi connectivity index (χ0n) is 20.3. The monoisotopic (exact) mass is 509 g/mol. The summed E-state index contributed by atoms with van der Waals surface area (Å²) in [7, 11) is -3.47. The number of nitrogens with one attached hydrogen (secondary N) is 3. The van der Waals surface area contributed by atoms with Crippen LogP contribution >= 0.6 is 0 Å². The quantitative estimate of drug-likeness (QED) is 0.385. The average Bonchev–Trinajstić information content (AvgIpc) is 2.81. The third-order valence-electron chi connectivity index (χ3n) is 5.21. The van der Waals surface area contributed by atoms with Crippen molar-refractivity contribution < 1.29 is 17.6 Å². The molecule has 3 aromatic rings. The molecule has 0 atom stereocenters. The van der Waals surface area contributed by atoms with Gasteiger partial charge < -0.3 is 10.6 Å². The number of amides is 1. The van der Waals surface area contributed by atoms with Crippen molar-refractivity contribution in [3.63, 3.8) is 0 Å². The van der Waals surface area contributed by atoms with Gasteiger partial charge in [-0.2, -0.15) is 5.26 Å². The standard InChI is InChI=1S/C26H28FN5O3S/c1-26(2,32-36(3,34)35)17-30-25(33)22-11-12-23(21-10-5-4-8-19(21)16-28)31-24(22)29-14-13-18-7-6-9-20(27)15-18/h4-12,15,32H,13-14,17H2,1-3H3,(H,29,31)(H,30,33). The minimum Gasteiger partial charge on any atom is -0.369 e. The van der Waals surface area contributed by atoms with Crippen LogP contribution in [0.3, 0.4) is 0 Å². The van der Waals surface area contributed by atoms with E-state index < -0.39 is 21.5 Å². The highest BCUT2D eigenvalue weighted by molar-refractivity contribution is 7.88. The van der Waals surface area contributed by atoms with E-state index in [4.69, 9.17) is 0 Å². The van der Waals surface area contributed by atoms with Gasteiger partial charge in [-0.1, -0.05) is 30.3 Å². The number of rotatable bonds is 10. The molecule has 8 nitrogen and oxygen atoms in total. The van der Waals surface area contributed by atoms with Crippen molar-refractivity contribution in [3.8, 4) is 17.3 Å². The molecule has 188 valence electrons. The van der Waals surface area contributed by atoms with E-state index in [1.807, 2.05) is 6.07 Å². The van der Waals surface area contributed by atoms with Crippen LogP contribution < -0.4 is 15.4 Å². The highest BCUT2D eigenvalue weighted by Crippen LogP contribution is 2.25. The van der Waals surface area contributed by atoms with E-state index in [2.05, 4.69) is 26.4 Å². The summed E-state index contributed by atoms with van der Waals surface area (Å²) in [6.07, 6.45) is 1.55. The summed E-state index contributed by atoms with van der Waals surface area (Å²) in [4.78, 5) is 17.7. The normalized spacial score (nSPS) is 11.5. The number of halogens is 1. The number of nitriles is 1. The number of nitrogens with zero attached hydrogens (tertiary/aromatic N) is 2. The van der Waals surface area contributed by atoms with Crippen LogP contribution in [-0.4, -0.2) is 44.2 Å². The Morgan fingerprint density at radius 1 is 1.11 bits per heavy atom. The second-order valence-electron chi connectivity index (χ2n) is 9.00. The van der Waals surface area contributed by atoms with Crippen LogP contribution in [0.1, 0.15) is 35.3 Å². The molecule has 0 spiro atoms. The average molecular weight is 510 g/mol. The molecule has 36 heavy (non-hydrogen) atoms. The largest absolute Gasteiger partial charge is 0.369 e. The molecule has 0 unspecified atom stereocenters. The maximum Gasteiger partial charge on any atom is 0.255 e. The SMILES string of the molecule is CC(C)(CNC(=O)c1ccc(-c2ccccc2C#N)nc1NCCc1cccc(F)c1)NS(C)(=O)=O. The smallest absolute Gasteiger partial charge is 0.255 e. The first-order valence-electron chi connectivity index (χ1n) is 11.2. The highest BCUT2D eigenvalue weighted by atomic mass is 32.2. The molecule has 0 saturated carbocycles. The summed E-state index contributed by atoms with van der Waals surface area (Å²) in [6.45, 7) is 3.74.